The first kappa shape index (κ1) is 32.3. The summed E-state index contributed by atoms with van der Waals surface area (Å²) in [7, 11) is 7.89. The van der Waals surface area contributed by atoms with Crippen LogP contribution in [-0.4, -0.2) is 76.0 Å². The molecule has 0 aromatic heterocycles. The second-order valence-electron chi connectivity index (χ2n) is 10.5. The summed E-state index contributed by atoms with van der Waals surface area (Å²) in [6, 6.07) is 11.0. The number of hydrogen-bond donors (Lipinski definition) is 3. The molecule has 226 valence electrons. The van der Waals surface area contributed by atoms with Crippen LogP contribution >= 0.6 is 0 Å². The Morgan fingerprint density at radius 2 is 1.29 bits per heavy atom. The fourth-order valence-electron chi connectivity index (χ4n) is 4.10. The van der Waals surface area contributed by atoms with Gasteiger partial charge in [0.25, 0.3) is 5.91 Å². The fraction of sp³-hybridized carbons (Fsp3) is 0.355. The van der Waals surface area contributed by atoms with Crippen LogP contribution in [0.25, 0.3) is 0 Å². The van der Waals surface area contributed by atoms with Gasteiger partial charge in [0.05, 0.1) is 35.7 Å². The van der Waals surface area contributed by atoms with E-state index in [0.29, 0.717) is 42.0 Å². The van der Waals surface area contributed by atoms with Gasteiger partial charge in [-0.25, -0.2) is 8.78 Å². The van der Waals surface area contributed by atoms with E-state index in [2.05, 4.69) is 5.32 Å². The Bertz CT molecular complexity index is 1290. The van der Waals surface area contributed by atoms with Gasteiger partial charge in [-0.3, -0.25) is 9.59 Å². The van der Waals surface area contributed by atoms with E-state index in [-0.39, 0.29) is 17.8 Å². The molecule has 42 heavy (non-hydrogen) atoms. The Kier molecular flexibility index (Phi) is 11.6. The average Bonchev–Trinajstić information content (AvgIpc) is 2.92. The summed E-state index contributed by atoms with van der Waals surface area (Å²) in [5.74, 6) is -2.60. The molecule has 0 spiro atoms. The summed E-state index contributed by atoms with van der Waals surface area (Å²) < 4.78 is 41.2. The van der Waals surface area contributed by atoms with Gasteiger partial charge in [0, 0.05) is 37.3 Å². The highest BCUT2D eigenvalue weighted by molar-refractivity contribution is 6.07. The average molecular weight is 584 g/mol. The number of hydrogen-bond acceptors (Lipinski definition) is 8. The van der Waals surface area contributed by atoms with E-state index in [0.717, 1.165) is 32.0 Å². The molecule has 9 nitrogen and oxygen atoms in total. The Labute approximate surface area is 245 Å². The third kappa shape index (κ3) is 9.42. The van der Waals surface area contributed by atoms with Gasteiger partial charge in [-0.2, -0.15) is 0 Å². The van der Waals surface area contributed by atoms with Crippen molar-refractivity contribution in [1.82, 2.24) is 9.80 Å². The van der Waals surface area contributed by atoms with E-state index in [9.17, 15) is 18.4 Å². The molecule has 0 radical (unpaired) electrons. The van der Waals surface area contributed by atoms with Gasteiger partial charge in [-0.15, -0.1) is 0 Å². The maximum Gasteiger partial charge on any atom is 0.258 e. The normalized spacial score (nSPS) is 11.1. The maximum atomic E-state index is 14.9. The molecule has 5 N–H and O–H groups in total. The van der Waals surface area contributed by atoms with Crippen molar-refractivity contribution in [2.24, 2.45) is 0 Å². The van der Waals surface area contributed by atoms with Crippen molar-refractivity contribution in [3.05, 3.63) is 76.9 Å². The molecule has 0 saturated heterocycles. The zero-order valence-electron chi connectivity index (χ0n) is 24.5. The van der Waals surface area contributed by atoms with Crippen LogP contribution in [0.15, 0.2) is 48.5 Å². The number of ketones is 1. The lowest BCUT2D eigenvalue weighted by atomic mass is 9.99. The topological polar surface area (TPSA) is 123 Å². The second kappa shape index (κ2) is 15.1. The highest BCUT2D eigenvalue weighted by Crippen LogP contribution is 2.27. The van der Waals surface area contributed by atoms with Crippen molar-refractivity contribution in [1.29, 1.82) is 0 Å². The number of ether oxygens (including phenoxy) is 2. The predicted molar refractivity (Wildman–Crippen MR) is 161 cm³/mol. The zero-order chi connectivity index (χ0) is 30.8. The van der Waals surface area contributed by atoms with E-state index < -0.39 is 34.5 Å². The number of nitrogens with two attached hydrogens (primary N) is 2. The van der Waals surface area contributed by atoms with Crippen LogP contribution in [0.3, 0.4) is 0 Å². The van der Waals surface area contributed by atoms with Crippen molar-refractivity contribution < 1.29 is 27.8 Å². The molecule has 0 aliphatic carbocycles. The summed E-state index contributed by atoms with van der Waals surface area (Å²) in [5.41, 5.74) is 12.2. The van der Waals surface area contributed by atoms with E-state index in [1.165, 1.54) is 6.07 Å². The molecule has 0 aliphatic heterocycles. The Morgan fingerprint density at radius 1 is 0.762 bits per heavy atom. The minimum atomic E-state index is -1.05. The first-order valence-corrected chi connectivity index (χ1v) is 13.6. The molecular formula is C31H39F2N5O4. The summed E-state index contributed by atoms with van der Waals surface area (Å²) in [5, 5.41) is 2.48. The number of carbonyl (C=O) groups excluding carboxylic acids is 2. The molecule has 3 rings (SSSR count). The van der Waals surface area contributed by atoms with Crippen molar-refractivity contribution in [3.63, 3.8) is 0 Å². The monoisotopic (exact) mass is 583 g/mol. The number of Topliss-reactive ketones (excluding diaryl/α,β-unsaturated/α-hetero) is 1. The third-order valence-corrected chi connectivity index (χ3v) is 6.38. The molecule has 0 heterocycles. The van der Waals surface area contributed by atoms with Gasteiger partial charge in [0.1, 0.15) is 23.1 Å². The van der Waals surface area contributed by atoms with E-state index in [1.807, 2.05) is 38.0 Å². The molecule has 1 amide bonds. The Hall–Kier alpha value is -4.22. The number of nitrogen functional groups attached to an aromatic ring is 2. The minimum absolute atomic E-state index is 0.198. The summed E-state index contributed by atoms with van der Waals surface area (Å²) in [4.78, 5) is 29.7. The molecule has 0 saturated carbocycles. The highest BCUT2D eigenvalue weighted by atomic mass is 19.1. The van der Waals surface area contributed by atoms with E-state index in [1.54, 1.807) is 30.3 Å². The molecular weight excluding hydrogens is 544 g/mol. The lowest BCUT2D eigenvalue weighted by Gasteiger charge is -2.13. The second-order valence-corrected chi connectivity index (χ2v) is 10.5. The number of anilines is 3. The largest absolute Gasteiger partial charge is 0.493 e. The van der Waals surface area contributed by atoms with Crippen LogP contribution in [-0.2, 0) is 6.42 Å². The van der Waals surface area contributed by atoms with Gasteiger partial charge in [-0.1, -0.05) is 6.07 Å². The number of nitrogens with one attached hydrogen (secondary N) is 1. The van der Waals surface area contributed by atoms with Crippen LogP contribution in [0.2, 0.25) is 0 Å². The van der Waals surface area contributed by atoms with Crippen molar-refractivity contribution in [2.75, 3.05) is 71.3 Å². The van der Waals surface area contributed by atoms with Gasteiger partial charge in [-0.05, 0) is 76.9 Å². The lowest BCUT2D eigenvalue weighted by molar-refractivity contribution is 0.0983. The quantitative estimate of drug-likeness (QED) is 0.136. The summed E-state index contributed by atoms with van der Waals surface area (Å²) in [6.45, 7) is 2.73. The first-order valence-electron chi connectivity index (χ1n) is 13.6. The first-order chi connectivity index (χ1) is 19.9. The molecule has 0 bridgehead atoms. The van der Waals surface area contributed by atoms with Crippen LogP contribution in [0, 0.1) is 11.6 Å². The molecule has 0 unspecified atom stereocenters. The standard InChI is InChI=1S/C31H39F2N5O4/c1-37(2)11-5-13-41-21-8-7-20(27(34)16-21)15-30(39)23-18-26(33)24(19-25(23)32)31(40)36-29-10-9-22(17-28(29)35)42-14-6-12-38(3)4/h7-10,16-19H,5-6,11-15,34-35H2,1-4H3,(H,36,40). The van der Waals surface area contributed by atoms with E-state index >= 15 is 0 Å². The summed E-state index contributed by atoms with van der Waals surface area (Å²) in [6.07, 6.45) is 1.40. The SMILES string of the molecule is CN(C)CCCOc1ccc(CC(=O)c2cc(F)c(C(=O)Nc3ccc(OCCCN(C)C)cc3N)cc2F)c(N)c1. The molecule has 0 atom stereocenters. The van der Waals surface area contributed by atoms with Crippen molar-refractivity contribution in [3.8, 4) is 11.5 Å². The smallest absolute Gasteiger partial charge is 0.258 e. The van der Waals surface area contributed by atoms with Crippen molar-refractivity contribution >= 4 is 28.8 Å². The van der Waals surface area contributed by atoms with Crippen LogP contribution in [0.4, 0.5) is 25.8 Å². The molecule has 3 aromatic rings. The molecule has 3 aromatic carbocycles. The molecule has 11 heteroatoms. The minimum Gasteiger partial charge on any atom is -0.493 e. The maximum absolute atomic E-state index is 14.9. The fourth-order valence-corrected chi connectivity index (χ4v) is 4.10. The Morgan fingerprint density at radius 3 is 1.83 bits per heavy atom. The van der Waals surface area contributed by atoms with Crippen LogP contribution < -0.4 is 26.3 Å². The number of benzene rings is 3. The van der Waals surface area contributed by atoms with Gasteiger partial charge < -0.3 is 36.1 Å². The van der Waals surface area contributed by atoms with Crippen LogP contribution in [0.5, 0.6) is 11.5 Å². The van der Waals surface area contributed by atoms with Gasteiger partial charge in [0.15, 0.2) is 5.78 Å². The Balaban J connectivity index is 1.63. The molecule has 0 fully saturated rings. The molecule has 0 aliphatic rings. The lowest BCUT2D eigenvalue weighted by Crippen LogP contribution is -2.17. The number of rotatable bonds is 15. The summed E-state index contributed by atoms with van der Waals surface area (Å²) >= 11 is 0. The third-order valence-electron chi connectivity index (χ3n) is 6.38. The van der Waals surface area contributed by atoms with Gasteiger partial charge >= 0.3 is 0 Å². The number of amides is 1. The zero-order valence-corrected chi connectivity index (χ0v) is 24.5. The number of carbonyl (C=O) groups is 2. The number of nitrogens with zero attached hydrogens (tertiary/aromatic N) is 2. The highest BCUT2D eigenvalue weighted by Gasteiger charge is 2.21. The van der Waals surface area contributed by atoms with Crippen LogP contribution in [0.1, 0.15) is 39.1 Å². The number of halogens is 2. The van der Waals surface area contributed by atoms with Crippen molar-refractivity contribution in [2.45, 2.75) is 19.3 Å². The predicted octanol–water partition coefficient (Wildman–Crippen LogP) is 4.47. The van der Waals surface area contributed by atoms with Gasteiger partial charge in [0.2, 0.25) is 0 Å². The van der Waals surface area contributed by atoms with E-state index in [4.69, 9.17) is 20.9 Å².